The number of hydrogen-bond acceptors (Lipinski definition) is 3. The molecule has 0 spiro atoms. The van der Waals surface area contributed by atoms with Crippen LogP contribution in [-0.4, -0.2) is 17.8 Å². The van der Waals surface area contributed by atoms with Crippen molar-refractivity contribution in [2.75, 3.05) is 13.1 Å². The minimum Gasteiger partial charge on any atom is -0.420 e. The van der Waals surface area contributed by atoms with Gasteiger partial charge in [-0.1, -0.05) is 44.2 Å². The third kappa shape index (κ3) is 2.04. The molecule has 2 aromatic rings. The van der Waals surface area contributed by atoms with Gasteiger partial charge in [0.2, 0.25) is 0 Å². The highest BCUT2D eigenvalue weighted by molar-refractivity contribution is 8.09. The summed E-state index contributed by atoms with van der Waals surface area (Å²) in [5.74, 6) is 1.57. The molecular weight excluding hydrogens is 277 g/mol. The van der Waals surface area contributed by atoms with Gasteiger partial charge in [0.25, 0.3) is 0 Å². The lowest BCUT2D eigenvalue weighted by atomic mass is 10.1. The Morgan fingerprint density at radius 2 is 1.79 bits per heavy atom. The molecule has 0 radical (unpaired) electrons. The van der Waals surface area contributed by atoms with Crippen molar-refractivity contribution in [2.24, 2.45) is 0 Å². The average Bonchev–Trinajstić information content (AvgIpc) is 2.78. The highest BCUT2D eigenvalue weighted by Crippen LogP contribution is 2.62. The van der Waals surface area contributed by atoms with E-state index in [9.17, 15) is 0 Å². The predicted octanol–water partition coefficient (Wildman–Crippen LogP) is 4.18. The summed E-state index contributed by atoms with van der Waals surface area (Å²) in [6.07, 6.45) is 0. The molecule has 3 rings (SSSR count). The molecule has 3 nitrogen and oxygen atoms in total. The van der Waals surface area contributed by atoms with E-state index in [1.807, 2.05) is 30.3 Å². The van der Waals surface area contributed by atoms with Crippen molar-refractivity contribution in [1.29, 1.82) is 0 Å². The molecule has 1 atom stereocenters. The molecule has 19 heavy (non-hydrogen) atoms. The van der Waals surface area contributed by atoms with E-state index in [0.29, 0.717) is 0 Å². The van der Waals surface area contributed by atoms with Crippen molar-refractivity contribution in [2.45, 2.75) is 13.8 Å². The first-order valence-electron chi connectivity index (χ1n) is 6.44. The van der Waals surface area contributed by atoms with Crippen molar-refractivity contribution in [1.82, 2.24) is 4.67 Å². The average molecular weight is 293 g/mol. The van der Waals surface area contributed by atoms with Crippen LogP contribution in [0.5, 0.6) is 11.5 Å². The number of rotatable bonds is 3. The van der Waals surface area contributed by atoms with Gasteiger partial charge in [-0.05, 0) is 11.5 Å². The van der Waals surface area contributed by atoms with Crippen LogP contribution in [0.2, 0.25) is 0 Å². The molecule has 1 unspecified atom stereocenters. The number of benzene rings is 2. The quantitative estimate of drug-likeness (QED) is 0.791. The lowest BCUT2D eigenvalue weighted by Crippen LogP contribution is -2.22. The lowest BCUT2D eigenvalue weighted by Gasteiger charge is -2.26. The Bertz CT molecular complexity index is 670. The second-order valence-corrected chi connectivity index (χ2v) is 7.66. The number of nitrogens with zero attached hydrogens (tertiary/aromatic N) is 1. The summed E-state index contributed by atoms with van der Waals surface area (Å²) in [6, 6.07) is 12.1. The van der Waals surface area contributed by atoms with E-state index in [0.717, 1.165) is 35.4 Å². The van der Waals surface area contributed by atoms with Gasteiger partial charge in [0.05, 0.1) is 0 Å². The zero-order valence-electron chi connectivity index (χ0n) is 11.0. The molecule has 0 fully saturated rings. The van der Waals surface area contributed by atoms with Crippen molar-refractivity contribution < 1.29 is 9.05 Å². The molecule has 0 aromatic heterocycles. The van der Waals surface area contributed by atoms with Gasteiger partial charge in [-0.25, -0.2) is 4.67 Å². The van der Waals surface area contributed by atoms with Crippen LogP contribution in [0.3, 0.4) is 0 Å². The van der Waals surface area contributed by atoms with E-state index in [-0.39, 0.29) is 0 Å². The summed E-state index contributed by atoms with van der Waals surface area (Å²) in [4.78, 5) is 0. The maximum absolute atomic E-state index is 6.08. The van der Waals surface area contributed by atoms with Gasteiger partial charge < -0.3 is 9.05 Å². The highest BCUT2D eigenvalue weighted by atomic mass is 32.5. The lowest BCUT2D eigenvalue weighted by molar-refractivity contribution is 0.403. The fraction of sp³-hybridized carbons (Fsp3) is 0.286. The largest absolute Gasteiger partial charge is 0.420 e. The van der Waals surface area contributed by atoms with Crippen LogP contribution in [0.4, 0.5) is 0 Å². The second-order valence-electron chi connectivity index (χ2n) is 4.40. The maximum atomic E-state index is 6.08. The third-order valence-corrected chi connectivity index (χ3v) is 6.58. The minimum absolute atomic E-state index is 0.772. The summed E-state index contributed by atoms with van der Waals surface area (Å²) in [5.41, 5.74) is 0. The Kier molecular flexibility index (Phi) is 3.25. The van der Waals surface area contributed by atoms with E-state index in [1.165, 1.54) is 0 Å². The van der Waals surface area contributed by atoms with Crippen molar-refractivity contribution in [3.63, 3.8) is 0 Å². The van der Waals surface area contributed by atoms with E-state index in [2.05, 4.69) is 24.6 Å². The monoisotopic (exact) mass is 293 g/mol. The molecule has 1 aliphatic heterocycles. The molecule has 100 valence electrons. The Hall–Kier alpha value is -1.09. The Balaban J connectivity index is 2.09. The van der Waals surface area contributed by atoms with Gasteiger partial charge in [0.1, 0.15) is 0 Å². The Morgan fingerprint density at radius 1 is 1.05 bits per heavy atom. The highest BCUT2D eigenvalue weighted by Gasteiger charge is 2.37. The zero-order chi connectivity index (χ0) is 13.5. The first-order chi connectivity index (χ1) is 9.18. The SMILES string of the molecule is CCN(CC)P1(=S)Oc2ccc3ccccc3c2O1. The maximum Gasteiger partial charge on any atom is 0.368 e. The van der Waals surface area contributed by atoms with Gasteiger partial charge in [0, 0.05) is 30.3 Å². The molecule has 0 bridgehead atoms. The predicted molar refractivity (Wildman–Crippen MR) is 82.4 cm³/mol. The topological polar surface area (TPSA) is 21.7 Å². The molecule has 1 aliphatic rings. The van der Waals surface area contributed by atoms with Gasteiger partial charge in [-0.15, -0.1) is 0 Å². The van der Waals surface area contributed by atoms with Crippen LogP contribution in [0.15, 0.2) is 36.4 Å². The van der Waals surface area contributed by atoms with Crippen LogP contribution in [0, 0.1) is 0 Å². The van der Waals surface area contributed by atoms with Crippen molar-refractivity contribution in [3.05, 3.63) is 36.4 Å². The van der Waals surface area contributed by atoms with Crippen molar-refractivity contribution >= 4 is 29.2 Å². The van der Waals surface area contributed by atoms with E-state index in [4.69, 9.17) is 20.9 Å². The van der Waals surface area contributed by atoms with Crippen LogP contribution in [0.25, 0.3) is 10.8 Å². The smallest absolute Gasteiger partial charge is 0.368 e. The van der Waals surface area contributed by atoms with E-state index in [1.54, 1.807) is 0 Å². The van der Waals surface area contributed by atoms with Crippen LogP contribution in [0.1, 0.15) is 13.8 Å². The normalized spacial score (nSPS) is 21.2. The fourth-order valence-corrected chi connectivity index (χ4v) is 5.26. The molecule has 1 heterocycles. The summed E-state index contributed by atoms with van der Waals surface area (Å²) < 4.78 is 14.2. The van der Waals surface area contributed by atoms with Gasteiger partial charge in [-0.3, -0.25) is 0 Å². The van der Waals surface area contributed by atoms with Crippen LogP contribution < -0.4 is 9.05 Å². The summed E-state index contributed by atoms with van der Waals surface area (Å²) in [5, 5.41) is 2.21. The van der Waals surface area contributed by atoms with Gasteiger partial charge >= 0.3 is 6.64 Å². The van der Waals surface area contributed by atoms with Crippen LogP contribution >= 0.6 is 6.64 Å². The van der Waals surface area contributed by atoms with E-state index < -0.39 is 6.64 Å². The molecule has 0 saturated heterocycles. The first kappa shape index (κ1) is 12.9. The van der Waals surface area contributed by atoms with E-state index >= 15 is 0 Å². The molecule has 0 N–H and O–H groups in total. The Labute approximate surface area is 118 Å². The molecule has 0 aliphatic carbocycles. The summed E-state index contributed by atoms with van der Waals surface area (Å²) in [6.45, 7) is 3.42. The molecule has 2 aromatic carbocycles. The summed E-state index contributed by atoms with van der Waals surface area (Å²) in [7, 11) is 0. The molecule has 0 saturated carbocycles. The molecular formula is C14H16NO2PS. The van der Waals surface area contributed by atoms with Gasteiger partial charge in [0.15, 0.2) is 11.5 Å². The standard InChI is InChI=1S/C14H16NO2PS/c1-3-15(4-2)18(19)16-13-10-9-11-7-5-6-8-12(11)14(13)17-18/h5-10H,3-4H2,1-2H3. The molecule has 5 heteroatoms. The Morgan fingerprint density at radius 3 is 2.53 bits per heavy atom. The third-order valence-electron chi connectivity index (χ3n) is 3.34. The number of hydrogen-bond donors (Lipinski definition) is 0. The summed E-state index contributed by atoms with van der Waals surface area (Å²) >= 11 is 5.65. The minimum atomic E-state index is -2.40. The fourth-order valence-electron chi connectivity index (χ4n) is 2.33. The first-order valence-corrected chi connectivity index (χ1v) is 9.03. The van der Waals surface area contributed by atoms with Crippen molar-refractivity contribution in [3.8, 4) is 11.5 Å². The second kappa shape index (κ2) is 4.78. The van der Waals surface area contributed by atoms with Gasteiger partial charge in [-0.2, -0.15) is 0 Å². The van der Waals surface area contributed by atoms with Crippen LogP contribution in [-0.2, 0) is 11.8 Å². The molecule has 0 amide bonds. The number of fused-ring (bicyclic) bond motifs is 3. The zero-order valence-corrected chi connectivity index (χ0v) is 12.7.